The van der Waals surface area contributed by atoms with E-state index in [1.165, 1.54) is 0 Å². The second kappa shape index (κ2) is 5.63. The molecule has 8 heteroatoms. The number of rotatable bonds is 2. The van der Waals surface area contributed by atoms with Gasteiger partial charge >= 0.3 is 58.4 Å². The van der Waals surface area contributed by atoms with Crippen LogP contribution in [0.4, 0.5) is 21.7 Å². The van der Waals surface area contributed by atoms with Crippen LogP contribution in [0.15, 0.2) is 12.1 Å². The molecule has 0 heterocycles. The van der Waals surface area contributed by atoms with E-state index in [1.54, 1.807) is 0 Å². The summed E-state index contributed by atoms with van der Waals surface area (Å²) in [4.78, 5) is 0. The first kappa shape index (κ1) is 15.4. The van der Waals surface area contributed by atoms with E-state index in [0.717, 1.165) is 7.11 Å². The van der Waals surface area contributed by atoms with Crippen LogP contribution in [0.1, 0.15) is 0 Å². The molecule has 0 N–H and O–H groups in total. The summed E-state index contributed by atoms with van der Waals surface area (Å²) in [6, 6.07) is 0.987. The van der Waals surface area contributed by atoms with Crippen molar-refractivity contribution in [3.05, 3.63) is 23.8 Å². The van der Waals surface area contributed by atoms with Gasteiger partial charge in [-0.25, -0.2) is 8.78 Å². The topological polar surface area (TPSA) is 9.23 Å². The molecule has 1 nitrogen and oxygen atoms in total. The van der Waals surface area contributed by atoms with Gasteiger partial charge in [0.1, 0.15) is 17.4 Å². The third-order valence-electron chi connectivity index (χ3n) is 1.62. The minimum absolute atomic E-state index is 0. The minimum Gasteiger partial charge on any atom is -0.497 e. The number of halogens is 5. The van der Waals surface area contributed by atoms with E-state index in [0.29, 0.717) is 12.1 Å². The predicted octanol–water partition coefficient (Wildman–Crippen LogP) is -0.968. The van der Waals surface area contributed by atoms with E-state index in [9.17, 15) is 21.7 Å². The van der Waals surface area contributed by atoms with Crippen molar-refractivity contribution in [2.24, 2.45) is 0 Å². The van der Waals surface area contributed by atoms with Gasteiger partial charge in [0.25, 0.3) is 0 Å². The Hall–Kier alpha value is 0.371. The van der Waals surface area contributed by atoms with Crippen molar-refractivity contribution >= 4 is 12.4 Å². The van der Waals surface area contributed by atoms with Crippen LogP contribution in [-0.2, 0) is 0 Å². The summed E-state index contributed by atoms with van der Waals surface area (Å²) >= 11 is 0. The van der Waals surface area contributed by atoms with Crippen molar-refractivity contribution in [1.29, 1.82) is 0 Å². The van der Waals surface area contributed by atoms with Crippen molar-refractivity contribution in [3.8, 4) is 5.75 Å². The molecule has 0 aliphatic rings. The molecule has 1 aromatic rings. The van der Waals surface area contributed by atoms with Gasteiger partial charge in [-0.2, -0.15) is 0 Å². The molecule has 15 heavy (non-hydrogen) atoms. The Labute approximate surface area is 125 Å². The van der Waals surface area contributed by atoms with Crippen LogP contribution < -0.4 is 61.6 Å². The smallest absolute Gasteiger partial charge is 0.497 e. The Morgan fingerprint density at radius 3 is 1.73 bits per heavy atom. The second-order valence-corrected chi connectivity index (χ2v) is 2.58. The van der Waals surface area contributed by atoms with Crippen LogP contribution in [0.5, 0.6) is 5.75 Å². The molecule has 0 atom stereocenters. The Balaban J connectivity index is 0.00000196. The van der Waals surface area contributed by atoms with Crippen molar-refractivity contribution in [3.63, 3.8) is 0 Å². The van der Waals surface area contributed by atoms with E-state index in [4.69, 9.17) is 0 Å². The molecule has 1 rings (SSSR count). The molecule has 0 amide bonds. The molecule has 0 radical (unpaired) electrons. The Morgan fingerprint density at radius 2 is 1.47 bits per heavy atom. The summed E-state index contributed by atoms with van der Waals surface area (Å²) in [6.07, 6.45) is 0. The van der Waals surface area contributed by atoms with Crippen LogP contribution in [0, 0.1) is 11.6 Å². The molecule has 0 saturated heterocycles. The molecule has 0 spiro atoms. The van der Waals surface area contributed by atoms with Crippen molar-refractivity contribution in [2.75, 3.05) is 7.11 Å². The zero-order valence-corrected chi connectivity index (χ0v) is 11.2. The second-order valence-electron chi connectivity index (χ2n) is 2.58. The maximum Gasteiger partial charge on any atom is 1.00 e. The molecule has 0 aromatic heterocycles. The van der Waals surface area contributed by atoms with Gasteiger partial charge in [-0.3, -0.25) is 0 Å². The van der Waals surface area contributed by atoms with Gasteiger partial charge in [0.05, 0.1) is 7.11 Å². The molecule has 0 bridgehead atoms. The zero-order valence-electron chi connectivity index (χ0n) is 8.03. The normalized spacial score (nSPS) is 10.8. The maximum absolute atomic E-state index is 12.8. The standard InChI is InChI=1S/C7H5BF5O.K/c1-14-4-2-5(9)7(6(10)3-4)8(11,12)13;/h2-3H,1H3;/q-1;+1. The van der Waals surface area contributed by atoms with Crippen LogP contribution >= 0.6 is 0 Å². The molecule has 78 valence electrons. The predicted molar refractivity (Wildman–Crippen MR) is 41.6 cm³/mol. The minimum atomic E-state index is -5.68. The van der Waals surface area contributed by atoms with E-state index in [-0.39, 0.29) is 57.1 Å². The Morgan fingerprint density at radius 1 is 1.07 bits per heavy atom. The fourth-order valence-corrected chi connectivity index (χ4v) is 0.992. The van der Waals surface area contributed by atoms with Crippen LogP contribution in [0.2, 0.25) is 0 Å². The van der Waals surface area contributed by atoms with Crippen LogP contribution in [0.25, 0.3) is 0 Å². The molecular formula is C7H5BF5KO. The maximum atomic E-state index is 12.8. The average molecular weight is 250 g/mol. The van der Waals surface area contributed by atoms with Gasteiger partial charge in [0, 0.05) is 12.1 Å². The fourth-order valence-electron chi connectivity index (χ4n) is 0.992. The first-order valence-corrected chi connectivity index (χ1v) is 3.59. The SMILES string of the molecule is COc1cc(F)c([B-](F)(F)F)c(F)c1.[K+]. The summed E-state index contributed by atoms with van der Waals surface area (Å²) in [5.74, 6) is -3.60. The van der Waals surface area contributed by atoms with Gasteiger partial charge in [0.15, 0.2) is 0 Å². The van der Waals surface area contributed by atoms with Gasteiger partial charge in [-0.15, -0.1) is 0 Å². The number of ether oxygens (including phenoxy) is 1. The van der Waals surface area contributed by atoms with Gasteiger partial charge in [-0.05, 0) is 5.46 Å². The molecular weight excluding hydrogens is 245 g/mol. The number of hydrogen-bond donors (Lipinski definition) is 0. The third kappa shape index (κ3) is 3.70. The zero-order chi connectivity index (χ0) is 10.9. The van der Waals surface area contributed by atoms with E-state index in [1.807, 2.05) is 0 Å². The molecule has 0 saturated carbocycles. The molecule has 1 aromatic carbocycles. The average Bonchev–Trinajstić information content (AvgIpc) is 1.99. The molecule has 0 unspecified atom stereocenters. The van der Waals surface area contributed by atoms with Gasteiger partial charge in [-0.1, -0.05) is 0 Å². The number of hydrogen-bond acceptors (Lipinski definition) is 1. The van der Waals surface area contributed by atoms with E-state index < -0.39 is 24.1 Å². The van der Waals surface area contributed by atoms with Crippen LogP contribution in [-0.4, -0.2) is 14.1 Å². The Bertz CT molecular complexity index is 331. The summed E-state index contributed by atoms with van der Waals surface area (Å²) in [6.45, 7) is -5.68. The van der Waals surface area contributed by atoms with E-state index in [2.05, 4.69) is 4.74 Å². The quantitative estimate of drug-likeness (QED) is 0.485. The van der Waals surface area contributed by atoms with E-state index >= 15 is 0 Å². The van der Waals surface area contributed by atoms with Gasteiger partial charge in [0.2, 0.25) is 0 Å². The number of benzene rings is 1. The summed E-state index contributed by atoms with van der Waals surface area (Å²) in [5.41, 5.74) is -1.84. The summed E-state index contributed by atoms with van der Waals surface area (Å²) < 4.78 is 66.2. The monoisotopic (exact) mass is 250 g/mol. The molecule has 0 aliphatic carbocycles. The Kier molecular flexibility index (Phi) is 5.77. The molecule has 0 fully saturated rings. The fraction of sp³-hybridized carbons (Fsp3) is 0.143. The van der Waals surface area contributed by atoms with Crippen molar-refractivity contribution < 1.29 is 77.8 Å². The van der Waals surface area contributed by atoms with Crippen LogP contribution in [0.3, 0.4) is 0 Å². The third-order valence-corrected chi connectivity index (χ3v) is 1.62. The van der Waals surface area contributed by atoms with Crippen molar-refractivity contribution in [1.82, 2.24) is 0 Å². The van der Waals surface area contributed by atoms with Gasteiger partial charge < -0.3 is 17.7 Å². The largest absolute Gasteiger partial charge is 1.00 e. The summed E-state index contributed by atoms with van der Waals surface area (Å²) in [5, 5.41) is 0. The van der Waals surface area contributed by atoms with Crippen molar-refractivity contribution in [2.45, 2.75) is 0 Å². The first-order valence-electron chi connectivity index (χ1n) is 3.59. The summed E-state index contributed by atoms with van der Waals surface area (Å²) in [7, 11) is 1.10. The molecule has 0 aliphatic heterocycles. The first-order chi connectivity index (χ1) is 6.36. The number of methoxy groups -OCH3 is 1.